The van der Waals surface area contributed by atoms with Gasteiger partial charge in [-0.05, 0) is 30.4 Å². The van der Waals surface area contributed by atoms with E-state index in [1.54, 1.807) is 0 Å². The van der Waals surface area contributed by atoms with Gasteiger partial charge >= 0.3 is 0 Å². The Bertz CT molecular complexity index is 952. The van der Waals surface area contributed by atoms with E-state index in [2.05, 4.69) is 50.2 Å². The Hall–Kier alpha value is -2.26. The zero-order chi connectivity index (χ0) is 18.9. The molecule has 2 aromatic carbocycles. The molecule has 0 saturated heterocycles. The fourth-order valence-electron chi connectivity index (χ4n) is 4.39. The highest BCUT2D eigenvalue weighted by molar-refractivity contribution is 7.58. The van der Waals surface area contributed by atoms with Gasteiger partial charge in [-0.15, -0.1) is 0 Å². The van der Waals surface area contributed by atoms with Crippen molar-refractivity contribution in [3.8, 4) is 22.6 Å². The van der Waals surface area contributed by atoms with Crippen molar-refractivity contribution in [3.05, 3.63) is 65.7 Å². The van der Waals surface area contributed by atoms with E-state index >= 15 is 0 Å². The minimum atomic E-state index is 0.0476. The number of hydrogen-bond donors (Lipinski definition) is 0. The molecule has 1 atom stereocenters. The van der Waals surface area contributed by atoms with E-state index in [9.17, 15) is 0 Å². The summed E-state index contributed by atoms with van der Waals surface area (Å²) in [7, 11) is 0. The van der Waals surface area contributed by atoms with Crippen LogP contribution >= 0.6 is 0 Å². The molecule has 4 rings (SSSR count). The Labute approximate surface area is 167 Å². The lowest BCUT2D eigenvalue weighted by atomic mass is 9.65. The number of hydrogen-bond acceptors (Lipinski definition) is 3. The van der Waals surface area contributed by atoms with Gasteiger partial charge in [0, 0.05) is 16.5 Å². The van der Waals surface area contributed by atoms with Gasteiger partial charge in [0.25, 0.3) is 0 Å². The summed E-state index contributed by atoms with van der Waals surface area (Å²) >= 11 is 5.87. The summed E-state index contributed by atoms with van der Waals surface area (Å²) in [6, 6.07) is 18.8. The van der Waals surface area contributed by atoms with Gasteiger partial charge in [-0.25, -0.2) is 4.98 Å². The predicted octanol–water partition coefficient (Wildman–Crippen LogP) is 6.11. The highest BCUT2D eigenvalue weighted by Gasteiger charge is 2.38. The molecule has 1 aliphatic rings. The van der Waals surface area contributed by atoms with Gasteiger partial charge in [-0.2, -0.15) is 0 Å². The normalized spacial score (nSPS) is 18.0. The summed E-state index contributed by atoms with van der Waals surface area (Å²) in [5.74, 6) is 0.733. The maximum Gasteiger partial charge on any atom is 0.158 e. The molecule has 0 unspecified atom stereocenters. The standard InChI is InChI=1S/C24H26N2S/c1-3-5-15-24(4-2)16-18-13-9-10-14-19(18)21-20(24)23(27)26-22(25-21)17-11-7-6-8-12-17/h6-14H,3-5,15-16H2,1-2H3,(H,25,26,27)/p-1/t24-/m0/s1. The third-order valence-corrected chi connectivity index (χ3v) is 6.22. The van der Waals surface area contributed by atoms with Crippen molar-refractivity contribution in [2.75, 3.05) is 0 Å². The lowest BCUT2D eigenvalue weighted by Gasteiger charge is -2.42. The van der Waals surface area contributed by atoms with Gasteiger partial charge < -0.3 is 12.6 Å². The van der Waals surface area contributed by atoms with Crippen LogP contribution in [0.5, 0.6) is 0 Å². The van der Waals surface area contributed by atoms with Gasteiger partial charge in [0.15, 0.2) is 5.82 Å². The van der Waals surface area contributed by atoms with Crippen LogP contribution in [0.1, 0.15) is 50.7 Å². The Morgan fingerprint density at radius 3 is 2.44 bits per heavy atom. The molecule has 1 aliphatic carbocycles. The largest absolute Gasteiger partial charge is 0.760 e. The molecule has 0 spiro atoms. The van der Waals surface area contributed by atoms with Crippen LogP contribution in [0.4, 0.5) is 0 Å². The second-order valence-electron chi connectivity index (χ2n) is 7.51. The van der Waals surface area contributed by atoms with E-state index in [0.29, 0.717) is 0 Å². The maximum atomic E-state index is 5.87. The minimum Gasteiger partial charge on any atom is -0.760 e. The van der Waals surface area contributed by atoms with Crippen molar-refractivity contribution in [1.82, 2.24) is 9.97 Å². The van der Waals surface area contributed by atoms with E-state index in [0.717, 1.165) is 41.4 Å². The number of fused-ring (bicyclic) bond motifs is 3. The van der Waals surface area contributed by atoms with Crippen LogP contribution in [-0.2, 0) is 24.5 Å². The lowest BCUT2D eigenvalue weighted by Crippen LogP contribution is -2.34. The molecule has 3 heteroatoms. The van der Waals surface area contributed by atoms with Crippen LogP contribution in [0, 0.1) is 0 Å². The summed E-state index contributed by atoms with van der Waals surface area (Å²) in [5.41, 5.74) is 5.92. The minimum absolute atomic E-state index is 0.0476. The summed E-state index contributed by atoms with van der Waals surface area (Å²) in [5, 5.41) is 0.728. The Morgan fingerprint density at radius 2 is 1.70 bits per heavy atom. The van der Waals surface area contributed by atoms with E-state index < -0.39 is 0 Å². The SMILES string of the molecule is CCCC[C@@]1(CC)Cc2ccccc2-c2nc(-c3ccccc3)nc([S-])c21. The topological polar surface area (TPSA) is 25.8 Å². The first-order valence-corrected chi connectivity index (χ1v) is 10.3. The third kappa shape index (κ3) is 3.14. The smallest absolute Gasteiger partial charge is 0.158 e. The monoisotopic (exact) mass is 373 g/mol. The van der Waals surface area contributed by atoms with E-state index in [1.807, 2.05) is 18.2 Å². The fraction of sp³-hybridized carbons (Fsp3) is 0.333. The first-order chi connectivity index (χ1) is 13.2. The molecule has 1 aromatic heterocycles. The van der Waals surface area contributed by atoms with Crippen molar-refractivity contribution in [3.63, 3.8) is 0 Å². The third-order valence-electron chi connectivity index (χ3n) is 5.93. The van der Waals surface area contributed by atoms with Gasteiger partial charge in [-0.1, -0.05) is 86.3 Å². The molecule has 0 fully saturated rings. The predicted molar refractivity (Wildman–Crippen MR) is 114 cm³/mol. The summed E-state index contributed by atoms with van der Waals surface area (Å²) < 4.78 is 0. The Morgan fingerprint density at radius 1 is 0.963 bits per heavy atom. The summed E-state index contributed by atoms with van der Waals surface area (Å²) in [6.07, 6.45) is 5.62. The van der Waals surface area contributed by atoms with Crippen molar-refractivity contribution in [1.29, 1.82) is 0 Å². The van der Waals surface area contributed by atoms with Gasteiger partial charge in [0.1, 0.15) is 0 Å². The number of nitrogens with zero attached hydrogens (tertiary/aromatic N) is 2. The molecule has 2 nitrogen and oxygen atoms in total. The maximum absolute atomic E-state index is 5.87. The zero-order valence-corrected chi connectivity index (χ0v) is 16.9. The molecule has 0 bridgehead atoms. The molecule has 0 aliphatic heterocycles. The number of aromatic nitrogens is 2. The van der Waals surface area contributed by atoms with E-state index in [1.165, 1.54) is 29.5 Å². The van der Waals surface area contributed by atoms with E-state index in [4.69, 9.17) is 22.6 Å². The number of unbranched alkanes of at least 4 members (excludes halogenated alkanes) is 1. The lowest BCUT2D eigenvalue weighted by molar-refractivity contribution is 0.351. The Balaban J connectivity index is 1.97. The molecule has 0 N–H and O–H groups in total. The summed E-state index contributed by atoms with van der Waals surface area (Å²) in [6.45, 7) is 4.54. The first kappa shape index (κ1) is 18.1. The molecule has 1 heterocycles. The quantitative estimate of drug-likeness (QED) is 0.398. The van der Waals surface area contributed by atoms with Gasteiger partial charge in [-0.3, -0.25) is 4.98 Å². The molecular weight excluding hydrogens is 348 g/mol. The van der Waals surface area contributed by atoms with Crippen molar-refractivity contribution < 1.29 is 0 Å². The average molecular weight is 374 g/mol. The van der Waals surface area contributed by atoms with Crippen LogP contribution in [0.2, 0.25) is 0 Å². The molecule has 3 aromatic rings. The number of benzene rings is 2. The van der Waals surface area contributed by atoms with Crippen LogP contribution in [0.15, 0.2) is 59.6 Å². The van der Waals surface area contributed by atoms with Crippen LogP contribution in [0.25, 0.3) is 22.6 Å². The van der Waals surface area contributed by atoms with Crippen molar-refractivity contribution >= 4 is 12.6 Å². The van der Waals surface area contributed by atoms with Crippen LogP contribution in [0.3, 0.4) is 0 Å². The molecule has 0 saturated carbocycles. The van der Waals surface area contributed by atoms with Gasteiger partial charge in [0.05, 0.1) is 5.69 Å². The number of rotatable bonds is 5. The molecule has 138 valence electrons. The molecule has 0 radical (unpaired) electrons. The zero-order valence-electron chi connectivity index (χ0n) is 16.0. The Kier molecular flexibility index (Phi) is 4.96. The first-order valence-electron chi connectivity index (χ1n) is 9.92. The van der Waals surface area contributed by atoms with Crippen molar-refractivity contribution in [2.45, 2.75) is 56.4 Å². The van der Waals surface area contributed by atoms with Crippen molar-refractivity contribution in [2.24, 2.45) is 0 Å². The highest BCUT2D eigenvalue weighted by atomic mass is 32.1. The molecule has 27 heavy (non-hydrogen) atoms. The highest BCUT2D eigenvalue weighted by Crippen LogP contribution is 2.48. The average Bonchev–Trinajstić information content (AvgIpc) is 2.72. The van der Waals surface area contributed by atoms with E-state index in [-0.39, 0.29) is 5.41 Å². The van der Waals surface area contributed by atoms with Crippen LogP contribution in [-0.4, -0.2) is 9.97 Å². The molecular formula is C24H25N2S-. The second kappa shape index (κ2) is 7.40. The molecule has 0 amide bonds. The van der Waals surface area contributed by atoms with Crippen LogP contribution < -0.4 is 0 Å². The second-order valence-corrected chi connectivity index (χ2v) is 7.90. The van der Waals surface area contributed by atoms with Gasteiger partial charge in [0.2, 0.25) is 0 Å². The summed E-state index contributed by atoms with van der Waals surface area (Å²) in [4.78, 5) is 9.84. The fourth-order valence-corrected chi connectivity index (χ4v) is 4.79.